The average Bonchev–Trinajstić information content (AvgIpc) is 2.38. The van der Waals surface area contributed by atoms with Gasteiger partial charge in [-0.1, -0.05) is 19.9 Å². The van der Waals surface area contributed by atoms with E-state index < -0.39 is 0 Å². The first-order valence-corrected chi connectivity index (χ1v) is 7.21. The minimum Gasteiger partial charge on any atom is -0.468 e. The molecule has 0 aliphatic carbocycles. The fourth-order valence-corrected chi connectivity index (χ4v) is 2.44. The minimum atomic E-state index is -0.310. The highest BCUT2D eigenvalue weighted by atomic mass is 32.2. The second kappa shape index (κ2) is 8.17. The normalized spacial score (nSPS) is 10.8. The fourth-order valence-electron chi connectivity index (χ4n) is 1.53. The molecule has 0 heterocycles. The highest BCUT2D eigenvalue weighted by Crippen LogP contribution is 2.25. The highest BCUT2D eigenvalue weighted by molar-refractivity contribution is 8.00. The van der Waals surface area contributed by atoms with Crippen molar-refractivity contribution in [3.63, 3.8) is 0 Å². The first-order chi connectivity index (χ1) is 9.04. The first-order valence-electron chi connectivity index (χ1n) is 6.22. The molecule has 0 aromatic heterocycles. The third-order valence-corrected chi connectivity index (χ3v) is 3.58. The molecule has 3 nitrogen and oxygen atoms in total. The summed E-state index contributed by atoms with van der Waals surface area (Å²) in [5.74, 6) is 0.149. The van der Waals surface area contributed by atoms with Crippen LogP contribution in [0.2, 0.25) is 0 Å². The quantitative estimate of drug-likeness (QED) is 0.617. The van der Waals surface area contributed by atoms with E-state index in [2.05, 4.69) is 23.9 Å². The van der Waals surface area contributed by atoms with E-state index >= 15 is 0 Å². The predicted molar refractivity (Wildman–Crippen MR) is 75.7 cm³/mol. The zero-order valence-electron chi connectivity index (χ0n) is 11.5. The van der Waals surface area contributed by atoms with E-state index in [-0.39, 0.29) is 17.5 Å². The summed E-state index contributed by atoms with van der Waals surface area (Å²) in [5.41, 5.74) is 0.608. The van der Waals surface area contributed by atoms with E-state index in [1.54, 1.807) is 6.07 Å². The smallest absolute Gasteiger partial charge is 0.315 e. The van der Waals surface area contributed by atoms with E-state index in [4.69, 9.17) is 0 Å². The summed E-state index contributed by atoms with van der Waals surface area (Å²) in [5, 5.41) is 3.21. The van der Waals surface area contributed by atoms with Gasteiger partial charge in [0, 0.05) is 17.0 Å². The molecule has 1 aromatic rings. The first kappa shape index (κ1) is 16.0. The Balaban J connectivity index is 2.68. The van der Waals surface area contributed by atoms with Crippen LogP contribution in [0.15, 0.2) is 23.1 Å². The van der Waals surface area contributed by atoms with Gasteiger partial charge in [-0.2, -0.15) is 0 Å². The van der Waals surface area contributed by atoms with Gasteiger partial charge in [-0.15, -0.1) is 11.8 Å². The molecule has 0 atom stereocenters. The van der Waals surface area contributed by atoms with Crippen molar-refractivity contribution in [3.05, 3.63) is 29.6 Å². The number of thioether (sulfide) groups is 1. The molecule has 5 heteroatoms. The van der Waals surface area contributed by atoms with Crippen molar-refractivity contribution in [3.8, 4) is 0 Å². The number of hydrogen-bond acceptors (Lipinski definition) is 4. The lowest BCUT2D eigenvalue weighted by Crippen LogP contribution is -2.20. The molecule has 0 saturated carbocycles. The molecular formula is C14H20FNO2S. The van der Waals surface area contributed by atoms with Crippen molar-refractivity contribution in [1.29, 1.82) is 0 Å². The van der Waals surface area contributed by atoms with Crippen molar-refractivity contribution in [2.24, 2.45) is 5.92 Å². The van der Waals surface area contributed by atoms with Gasteiger partial charge in [-0.05, 0) is 24.6 Å². The zero-order valence-corrected chi connectivity index (χ0v) is 12.3. The standard InChI is InChI=1S/C14H20FNO2S/c1-10(2)7-16-8-11-12(15)5-4-6-13(11)19-9-14(17)18-3/h4-6,10,16H,7-9H2,1-3H3. The Labute approximate surface area is 117 Å². The van der Waals surface area contributed by atoms with Crippen molar-refractivity contribution in [2.45, 2.75) is 25.3 Å². The second-order valence-corrected chi connectivity index (χ2v) is 5.62. The topological polar surface area (TPSA) is 38.3 Å². The molecule has 1 rings (SSSR count). The van der Waals surface area contributed by atoms with Crippen molar-refractivity contribution >= 4 is 17.7 Å². The van der Waals surface area contributed by atoms with Crippen LogP contribution in [-0.4, -0.2) is 25.4 Å². The number of hydrogen-bond donors (Lipinski definition) is 1. The molecule has 0 aliphatic rings. The Bertz CT molecular complexity index is 424. The van der Waals surface area contributed by atoms with Gasteiger partial charge in [0.1, 0.15) is 5.82 Å². The van der Waals surface area contributed by atoms with Crippen molar-refractivity contribution in [1.82, 2.24) is 5.32 Å². The molecule has 0 bridgehead atoms. The lowest BCUT2D eigenvalue weighted by molar-refractivity contribution is -0.137. The summed E-state index contributed by atoms with van der Waals surface area (Å²) in [6.45, 7) is 5.49. The van der Waals surface area contributed by atoms with Gasteiger partial charge in [-0.25, -0.2) is 4.39 Å². The molecule has 0 amide bonds. The SMILES string of the molecule is COC(=O)CSc1cccc(F)c1CNCC(C)C. The third kappa shape index (κ3) is 5.61. The molecule has 1 aromatic carbocycles. The Kier molecular flexibility index (Phi) is 6.87. The average molecular weight is 285 g/mol. The summed E-state index contributed by atoms with van der Waals surface area (Å²) in [6.07, 6.45) is 0. The number of nitrogens with one attached hydrogen (secondary N) is 1. The fraction of sp³-hybridized carbons (Fsp3) is 0.500. The van der Waals surface area contributed by atoms with Crippen LogP contribution in [0.1, 0.15) is 19.4 Å². The van der Waals surface area contributed by atoms with Crippen molar-refractivity contribution < 1.29 is 13.9 Å². The van der Waals surface area contributed by atoms with Crippen LogP contribution in [0.25, 0.3) is 0 Å². The largest absolute Gasteiger partial charge is 0.468 e. The molecule has 0 spiro atoms. The van der Waals surface area contributed by atoms with Crippen LogP contribution in [0, 0.1) is 11.7 Å². The van der Waals surface area contributed by atoms with Gasteiger partial charge in [0.2, 0.25) is 0 Å². The zero-order chi connectivity index (χ0) is 14.3. The molecule has 0 radical (unpaired) electrons. The van der Waals surface area contributed by atoms with Crippen LogP contribution in [0.5, 0.6) is 0 Å². The van der Waals surface area contributed by atoms with Gasteiger partial charge in [0.15, 0.2) is 0 Å². The summed E-state index contributed by atoms with van der Waals surface area (Å²) in [7, 11) is 1.35. The summed E-state index contributed by atoms with van der Waals surface area (Å²) in [4.78, 5) is 11.9. The summed E-state index contributed by atoms with van der Waals surface area (Å²) in [6, 6.07) is 4.92. The molecule has 0 unspecified atom stereocenters. The molecule has 1 N–H and O–H groups in total. The minimum absolute atomic E-state index is 0.192. The van der Waals surface area contributed by atoms with Crippen LogP contribution in [0.3, 0.4) is 0 Å². The summed E-state index contributed by atoms with van der Waals surface area (Å²) >= 11 is 1.30. The van der Waals surface area contributed by atoms with Gasteiger partial charge < -0.3 is 10.1 Å². The lowest BCUT2D eigenvalue weighted by atomic mass is 10.2. The Morgan fingerprint density at radius 3 is 2.84 bits per heavy atom. The molecule has 19 heavy (non-hydrogen) atoms. The van der Waals surface area contributed by atoms with E-state index in [1.807, 2.05) is 6.07 Å². The molecule has 0 saturated heterocycles. The maximum Gasteiger partial charge on any atom is 0.315 e. The molecular weight excluding hydrogens is 265 g/mol. The lowest BCUT2D eigenvalue weighted by Gasteiger charge is -2.12. The third-order valence-electron chi connectivity index (χ3n) is 2.50. The Hall–Kier alpha value is -1.07. The van der Waals surface area contributed by atoms with Gasteiger partial charge in [-0.3, -0.25) is 4.79 Å². The second-order valence-electron chi connectivity index (χ2n) is 4.61. The number of benzene rings is 1. The number of carbonyl (C=O) groups is 1. The van der Waals surface area contributed by atoms with E-state index in [0.717, 1.165) is 11.4 Å². The summed E-state index contributed by atoms with van der Waals surface area (Å²) < 4.78 is 18.4. The predicted octanol–water partition coefficient (Wildman–Crippen LogP) is 2.84. The van der Waals surface area contributed by atoms with Crippen LogP contribution in [-0.2, 0) is 16.1 Å². The van der Waals surface area contributed by atoms with E-state index in [0.29, 0.717) is 18.0 Å². The number of carbonyl (C=O) groups excluding carboxylic acids is 1. The maximum atomic E-state index is 13.8. The number of esters is 1. The van der Waals surface area contributed by atoms with Crippen LogP contribution >= 0.6 is 11.8 Å². The van der Waals surface area contributed by atoms with Gasteiger partial charge in [0.05, 0.1) is 12.9 Å². The Morgan fingerprint density at radius 1 is 1.47 bits per heavy atom. The van der Waals surface area contributed by atoms with Gasteiger partial charge in [0.25, 0.3) is 0 Å². The van der Waals surface area contributed by atoms with Crippen LogP contribution in [0.4, 0.5) is 4.39 Å². The number of methoxy groups -OCH3 is 1. The molecule has 106 valence electrons. The number of halogens is 1. The van der Waals surface area contributed by atoms with Crippen LogP contribution < -0.4 is 5.32 Å². The van der Waals surface area contributed by atoms with Crippen molar-refractivity contribution in [2.75, 3.05) is 19.4 Å². The van der Waals surface area contributed by atoms with Gasteiger partial charge >= 0.3 is 5.97 Å². The number of ether oxygens (including phenoxy) is 1. The number of rotatable bonds is 7. The molecule has 0 aliphatic heterocycles. The molecule has 0 fully saturated rings. The maximum absolute atomic E-state index is 13.8. The Morgan fingerprint density at radius 2 is 2.21 bits per heavy atom. The highest BCUT2D eigenvalue weighted by Gasteiger charge is 2.11. The monoisotopic (exact) mass is 285 g/mol. The van der Waals surface area contributed by atoms with E-state index in [9.17, 15) is 9.18 Å². The van der Waals surface area contributed by atoms with E-state index in [1.165, 1.54) is 24.9 Å².